The molecule has 0 bridgehead atoms. The molecule has 0 fully saturated rings. The number of nitrogens with two attached hydrogens (primary N) is 1. The Labute approximate surface area is 202 Å². The van der Waals surface area contributed by atoms with Gasteiger partial charge in [-0.3, -0.25) is 4.79 Å². The number of nitrogens with zero attached hydrogens (tertiary/aromatic N) is 2. The fourth-order valence-electron chi connectivity index (χ4n) is 4.07. The Hall–Kier alpha value is -3.22. The van der Waals surface area contributed by atoms with Crippen LogP contribution < -0.4 is 5.73 Å². The molecule has 0 atom stereocenters. The minimum atomic E-state index is -0.864. The predicted octanol–water partition coefficient (Wildman–Crippen LogP) is 6.35. The monoisotopic (exact) mass is 477 g/mol. The number of benzene rings is 2. The second-order valence-corrected chi connectivity index (χ2v) is 8.77. The first kappa shape index (κ1) is 23.0. The summed E-state index contributed by atoms with van der Waals surface area (Å²) >= 11 is 10.9. The molecule has 33 heavy (non-hydrogen) atoms. The number of carbonyl (C=O) groups is 1. The van der Waals surface area contributed by atoms with Gasteiger partial charge in [0.2, 0.25) is 0 Å². The van der Waals surface area contributed by atoms with E-state index in [9.17, 15) is 9.90 Å². The highest BCUT2D eigenvalue weighted by Crippen LogP contribution is 2.32. The number of aliphatic carboxylic acids is 1. The maximum Gasteiger partial charge on any atom is 0.307 e. The molecule has 7 heteroatoms. The van der Waals surface area contributed by atoms with Gasteiger partial charge in [0.25, 0.3) is 0 Å². The summed E-state index contributed by atoms with van der Waals surface area (Å²) < 4.78 is 2.09. The summed E-state index contributed by atoms with van der Waals surface area (Å²) in [6, 6.07) is 15.4. The molecule has 0 amide bonds. The van der Waals surface area contributed by atoms with E-state index in [0.29, 0.717) is 17.4 Å². The molecule has 0 aliphatic rings. The Morgan fingerprint density at radius 1 is 1.18 bits per heavy atom. The van der Waals surface area contributed by atoms with Crippen molar-refractivity contribution in [3.8, 4) is 11.1 Å². The third-order valence-electron chi connectivity index (χ3n) is 5.52. The van der Waals surface area contributed by atoms with Crippen LogP contribution in [0, 0.1) is 0 Å². The highest BCUT2D eigenvalue weighted by Gasteiger charge is 2.15. The lowest BCUT2D eigenvalue weighted by Gasteiger charge is -2.14. The zero-order chi connectivity index (χ0) is 23.5. The van der Waals surface area contributed by atoms with Gasteiger partial charge in [0.05, 0.1) is 6.42 Å². The topological polar surface area (TPSA) is 81.1 Å². The third-order valence-corrected chi connectivity index (χ3v) is 6.14. The molecule has 0 unspecified atom stereocenters. The molecule has 5 nitrogen and oxygen atoms in total. The lowest BCUT2D eigenvalue weighted by molar-refractivity contribution is -0.136. The summed E-state index contributed by atoms with van der Waals surface area (Å²) in [5, 5.41) is 11.0. The number of fused-ring (bicyclic) bond motifs is 1. The standard InChI is InChI=1S/C26H24ClN3O2S/c1-2-3-18(22-13-20(27)5-7-24(22)33)14-30-15-19(12-26(31)32)21-6-4-16(10-23(21)30)17-8-9-29-25(28)11-17/h3-11,13,15,33H,2,12,14H2,1H3,(H2,28,29)(H,31,32)/b18-3-. The van der Waals surface area contributed by atoms with Gasteiger partial charge in [-0.2, -0.15) is 0 Å². The Balaban J connectivity index is 1.85. The lowest BCUT2D eigenvalue weighted by Crippen LogP contribution is -2.02. The molecule has 0 aliphatic carbocycles. The quantitative estimate of drug-likeness (QED) is 0.271. The normalized spacial score (nSPS) is 11.8. The lowest BCUT2D eigenvalue weighted by atomic mass is 10.0. The van der Waals surface area contributed by atoms with Crippen LogP contribution in [0.4, 0.5) is 5.82 Å². The predicted molar refractivity (Wildman–Crippen MR) is 138 cm³/mol. The first-order valence-corrected chi connectivity index (χ1v) is 11.4. The van der Waals surface area contributed by atoms with Crippen LogP contribution in [-0.4, -0.2) is 20.6 Å². The van der Waals surface area contributed by atoms with Crippen molar-refractivity contribution in [2.24, 2.45) is 0 Å². The number of allylic oxidation sites excluding steroid dienone is 2. The molecule has 3 N–H and O–H groups in total. The van der Waals surface area contributed by atoms with Gasteiger partial charge in [-0.05, 0) is 70.6 Å². The fraction of sp³-hybridized carbons (Fsp3) is 0.154. The highest BCUT2D eigenvalue weighted by molar-refractivity contribution is 7.80. The molecular weight excluding hydrogens is 454 g/mol. The van der Waals surface area contributed by atoms with Crippen molar-refractivity contribution >= 4 is 52.5 Å². The van der Waals surface area contributed by atoms with Gasteiger partial charge < -0.3 is 15.4 Å². The number of halogens is 1. The second kappa shape index (κ2) is 9.73. The van der Waals surface area contributed by atoms with Crippen molar-refractivity contribution in [2.75, 3.05) is 5.73 Å². The Kier molecular flexibility index (Phi) is 6.77. The third kappa shape index (κ3) is 5.07. The molecule has 2 aromatic heterocycles. The van der Waals surface area contributed by atoms with Crippen LogP contribution in [0.2, 0.25) is 5.02 Å². The molecule has 0 saturated carbocycles. The number of thiol groups is 1. The number of rotatable bonds is 7. The van der Waals surface area contributed by atoms with E-state index in [1.54, 1.807) is 6.20 Å². The zero-order valence-corrected chi connectivity index (χ0v) is 19.8. The number of carboxylic acid groups (broad SMARTS) is 1. The van der Waals surface area contributed by atoms with Crippen molar-refractivity contribution in [2.45, 2.75) is 31.2 Å². The van der Waals surface area contributed by atoms with Crippen molar-refractivity contribution in [3.63, 3.8) is 0 Å². The van der Waals surface area contributed by atoms with E-state index in [4.69, 9.17) is 17.3 Å². The average molecular weight is 478 g/mol. The molecule has 2 heterocycles. The number of pyridine rings is 1. The van der Waals surface area contributed by atoms with E-state index in [1.165, 1.54) is 0 Å². The van der Waals surface area contributed by atoms with Crippen molar-refractivity contribution in [3.05, 3.63) is 83.2 Å². The zero-order valence-electron chi connectivity index (χ0n) is 18.1. The maximum absolute atomic E-state index is 11.5. The number of carboxylic acids is 1. The first-order chi connectivity index (χ1) is 15.9. The van der Waals surface area contributed by atoms with Gasteiger partial charge in [-0.25, -0.2) is 4.98 Å². The van der Waals surface area contributed by atoms with Crippen LogP contribution in [0.3, 0.4) is 0 Å². The minimum Gasteiger partial charge on any atom is -0.481 e. The van der Waals surface area contributed by atoms with E-state index in [1.807, 2.05) is 48.7 Å². The van der Waals surface area contributed by atoms with Crippen molar-refractivity contribution in [1.82, 2.24) is 9.55 Å². The fourth-order valence-corrected chi connectivity index (χ4v) is 4.52. The van der Waals surface area contributed by atoms with Crippen LogP contribution >= 0.6 is 24.2 Å². The summed E-state index contributed by atoms with van der Waals surface area (Å²) in [6.45, 7) is 2.64. The van der Waals surface area contributed by atoms with Gasteiger partial charge in [-0.15, -0.1) is 12.6 Å². The summed E-state index contributed by atoms with van der Waals surface area (Å²) in [6.07, 6.45) is 6.56. The highest BCUT2D eigenvalue weighted by atomic mass is 35.5. The summed E-state index contributed by atoms with van der Waals surface area (Å²) in [7, 11) is 0. The first-order valence-electron chi connectivity index (χ1n) is 10.6. The molecular formula is C26H24ClN3O2S. The smallest absolute Gasteiger partial charge is 0.307 e. The molecule has 0 saturated heterocycles. The molecule has 4 aromatic rings. The van der Waals surface area contributed by atoms with Crippen molar-refractivity contribution < 1.29 is 9.90 Å². The number of anilines is 1. The minimum absolute atomic E-state index is 0.0487. The van der Waals surface area contributed by atoms with Crippen LogP contribution in [0.15, 0.2) is 71.9 Å². The van der Waals surface area contributed by atoms with E-state index in [0.717, 1.165) is 50.0 Å². The Bertz CT molecular complexity index is 1380. The number of nitrogen functional groups attached to an aromatic ring is 1. The van der Waals surface area contributed by atoms with Crippen molar-refractivity contribution in [1.29, 1.82) is 0 Å². The molecule has 0 radical (unpaired) electrons. The van der Waals surface area contributed by atoms with E-state index in [2.05, 4.69) is 41.2 Å². The number of aromatic nitrogens is 2. The Morgan fingerprint density at radius 2 is 1.97 bits per heavy atom. The van der Waals surface area contributed by atoms with Gasteiger partial charge in [0, 0.05) is 39.8 Å². The maximum atomic E-state index is 11.5. The summed E-state index contributed by atoms with van der Waals surface area (Å²) in [4.78, 5) is 16.4. The Morgan fingerprint density at radius 3 is 2.70 bits per heavy atom. The van der Waals surface area contributed by atoms with E-state index in [-0.39, 0.29) is 6.42 Å². The van der Waals surface area contributed by atoms with Gasteiger partial charge in [0.15, 0.2) is 0 Å². The van der Waals surface area contributed by atoms with Gasteiger partial charge in [-0.1, -0.05) is 36.7 Å². The summed E-state index contributed by atoms with van der Waals surface area (Å²) in [5.74, 6) is -0.415. The van der Waals surface area contributed by atoms with E-state index >= 15 is 0 Å². The number of hydrogen-bond acceptors (Lipinski definition) is 4. The average Bonchev–Trinajstić information content (AvgIpc) is 3.11. The number of hydrogen-bond donors (Lipinski definition) is 3. The molecule has 4 rings (SSSR count). The van der Waals surface area contributed by atoms with Gasteiger partial charge in [0.1, 0.15) is 5.82 Å². The van der Waals surface area contributed by atoms with Crippen LogP contribution in [0.25, 0.3) is 27.6 Å². The van der Waals surface area contributed by atoms with Crippen LogP contribution in [0.1, 0.15) is 24.5 Å². The second-order valence-electron chi connectivity index (χ2n) is 7.85. The summed E-state index contributed by atoms with van der Waals surface area (Å²) in [5.41, 5.74) is 11.6. The van der Waals surface area contributed by atoms with Gasteiger partial charge >= 0.3 is 5.97 Å². The molecule has 168 valence electrons. The molecule has 0 aliphatic heterocycles. The van der Waals surface area contributed by atoms with Crippen LogP contribution in [-0.2, 0) is 17.8 Å². The molecule has 2 aromatic carbocycles. The largest absolute Gasteiger partial charge is 0.481 e. The molecule has 0 spiro atoms. The van der Waals surface area contributed by atoms with Crippen LogP contribution in [0.5, 0.6) is 0 Å². The van der Waals surface area contributed by atoms with E-state index < -0.39 is 5.97 Å². The SMILES string of the molecule is CC/C=C(/Cn1cc(CC(=O)O)c2ccc(-c3ccnc(N)c3)cc21)c1cc(Cl)ccc1S.